The maximum absolute atomic E-state index is 11.8. The number of aryl methyl sites for hydroxylation is 1. The molecule has 2 aromatic heterocycles. The van der Waals surface area contributed by atoms with E-state index in [1.54, 1.807) is 6.20 Å². The summed E-state index contributed by atoms with van der Waals surface area (Å²) in [6.07, 6.45) is 3.15. The standard InChI is InChI=1S/C21H19N5O/c22-10-2-7-17-16-6-1-5-15(19(16)25-26-20(17)21(23)27)13-8-9-18-14(12-13)4-3-11-24-18/h1,3-6,8-9,11-12H,2,7,10,22H2,(H2,23,27). The van der Waals surface area contributed by atoms with Crippen molar-refractivity contribution in [3.63, 3.8) is 0 Å². The molecule has 0 radical (unpaired) electrons. The van der Waals surface area contributed by atoms with Crippen molar-refractivity contribution in [2.45, 2.75) is 12.8 Å². The number of hydrogen-bond donors (Lipinski definition) is 2. The van der Waals surface area contributed by atoms with Gasteiger partial charge in [0.2, 0.25) is 0 Å². The van der Waals surface area contributed by atoms with Crippen LogP contribution in [-0.2, 0) is 6.42 Å². The first-order valence-electron chi connectivity index (χ1n) is 8.82. The summed E-state index contributed by atoms with van der Waals surface area (Å²) in [5, 5.41) is 10.4. The van der Waals surface area contributed by atoms with Crippen molar-refractivity contribution >= 4 is 27.7 Å². The molecule has 6 heteroatoms. The average molecular weight is 357 g/mol. The van der Waals surface area contributed by atoms with E-state index >= 15 is 0 Å². The zero-order valence-corrected chi connectivity index (χ0v) is 14.7. The van der Waals surface area contributed by atoms with E-state index in [4.69, 9.17) is 11.5 Å². The van der Waals surface area contributed by atoms with E-state index in [0.717, 1.165) is 44.9 Å². The van der Waals surface area contributed by atoms with Crippen LogP contribution in [0.25, 0.3) is 32.9 Å². The number of rotatable bonds is 5. The van der Waals surface area contributed by atoms with E-state index in [0.29, 0.717) is 13.0 Å². The van der Waals surface area contributed by atoms with E-state index in [9.17, 15) is 4.79 Å². The topological polar surface area (TPSA) is 108 Å². The molecular formula is C21H19N5O. The Kier molecular flexibility index (Phi) is 4.48. The number of primary amides is 1. The van der Waals surface area contributed by atoms with Crippen molar-refractivity contribution in [3.8, 4) is 11.1 Å². The normalized spacial score (nSPS) is 11.1. The molecule has 0 unspecified atom stereocenters. The Balaban J connectivity index is 1.94. The fourth-order valence-corrected chi connectivity index (χ4v) is 3.39. The predicted molar refractivity (Wildman–Crippen MR) is 106 cm³/mol. The van der Waals surface area contributed by atoms with Crippen molar-refractivity contribution in [2.24, 2.45) is 11.5 Å². The molecule has 2 aromatic carbocycles. The van der Waals surface area contributed by atoms with E-state index in [1.807, 2.05) is 42.5 Å². The highest BCUT2D eigenvalue weighted by atomic mass is 16.1. The quantitative estimate of drug-likeness (QED) is 0.571. The van der Waals surface area contributed by atoms with Crippen LogP contribution < -0.4 is 11.5 Å². The minimum atomic E-state index is -0.571. The summed E-state index contributed by atoms with van der Waals surface area (Å²) in [6.45, 7) is 0.527. The largest absolute Gasteiger partial charge is 0.364 e. The third kappa shape index (κ3) is 3.11. The molecule has 0 saturated heterocycles. The number of amides is 1. The van der Waals surface area contributed by atoms with Gasteiger partial charge in [-0.25, -0.2) is 0 Å². The summed E-state index contributed by atoms with van der Waals surface area (Å²) in [5.74, 6) is -0.571. The summed E-state index contributed by atoms with van der Waals surface area (Å²) >= 11 is 0. The van der Waals surface area contributed by atoms with Gasteiger partial charge in [0.15, 0.2) is 5.69 Å². The van der Waals surface area contributed by atoms with Crippen LogP contribution in [0.15, 0.2) is 54.7 Å². The van der Waals surface area contributed by atoms with Crippen LogP contribution in [0.5, 0.6) is 0 Å². The highest BCUT2D eigenvalue weighted by Crippen LogP contribution is 2.31. The molecule has 0 saturated carbocycles. The highest BCUT2D eigenvalue weighted by molar-refractivity contribution is 6.02. The maximum atomic E-state index is 11.8. The molecule has 0 fully saturated rings. The first kappa shape index (κ1) is 17.1. The summed E-state index contributed by atoms with van der Waals surface area (Å²) in [5.41, 5.74) is 15.9. The lowest BCUT2D eigenvalue weighted by atomic mass is 9.96. The van der Waals surface area contributed by atoms with Gasteiger partial charge in [-0.05, 0) is 48.7 Å². The second kappa shape index (κ2) is 7.09. The first-order chi connectivity index (χ1) is 13.2. The van der Waals surface area contributed by atoms with Gasteiger partial charge in [-0.15, -0.1) is 10.2 Å². The third-order valence-electron chi connectivity index (χ3n) is 4.68. The highest BCUT2D eigenvalue weighted by Gasteiger charge is 2.17. The van der Waals surface area contributed by atoms with Gasteiger partial charge in [0.05, 0.1) is 5.52 Å². The van der Waals surface area contributed by atoms with Crippen molar-refractivity contribution < 1.29 is 4.79 Å². The molecule has 134 valence electrons. The number of benzene rings is 2. The Morgan fingerprint density at radius 3 is 2.74 bits per heavy atom. The number of nitrogens with two attached hydrogens (primary N) is 2. The summed E-state index contributed by atoms with van der Waals surface area (Å²) < 4.78 is 0. The minimum Gasteiger partial charge on any atom is -0.364 e. The van der Waals surface area contributed by atoms with Crippen LogP contribution in [0.1, 0.15) is 22.5 Å². The summed E-state index contributed by atoms with van der Waals surface area (Å²) in [6, 6.07) is 16.0. The Labute approximate surface area is 156 Å². The number of aromatic nitrogens is 3. The zero-order valence-electron chi connectivity index (χ0n) is 14.7. The molecule has 27 heavy (non-hydrogen) atoms. The van der Waals surface area contributed by atoms with E-state index in [-0.39, 0.29) is 5.69 Å². The van der Waals surface area contributed by atoms with Gasteiger partial charge < -0.3 is 11.5 Å². The number of carbonyl (C=O) groups is 1. The Hall–Kier alpha value is -3.38. The molecule has 4 N–H and O–H groups in total. The van der Waals surface area contributed by atoms with E-state index < -0.39 is 5.91 Å². The predicted octanol–water partition coefficient (Wildman–Crippen LogP) is 2.84. The molecule has 0 spiro atoms. The number of hydrogen-bond acceptors (Lipinski definition) is 5. The number of fused-ring (bicyclic) bond motifs is 2. The summed E-state index contributed by atoms with van der Waals surface area (Å²) in [7, 11) is 0. The zero-order chi connectivity index (χ0) is 18.8. The van der Waals surface area contributed by atoms with Crippen molar-refractivity contribution in [1.29, 1.82) is 0 Å². The van der Waals surface area contributed by atoms with Gasteiger partial charge in [0.1, 0.15) is 5.52 Å². The Morgan fingerprint density at radius 1 is 1.04 bits per heavy atom. The van der Waals surface area contributed by atoms with Crippen LogP contribution >= 0.6 is 0 Å². The van der Waals surface area contributed by atoms with Crippen molar-refractivity contribution in [2.75, 3.05) is 6.54 Å². The molecular weight excluding hydrogens is 338 g/mol. The van der Waals surface area contributed by atoms with Gasteiger partial charge in [-0.1, -0.05) is 30.3 Å². The molecule has 4 aromatic rings. The second-order valence-corrected chi connectivity index (χ2v) is 6.40. The van der Waals surface area contributed by atoms with Gasteiger partial charge >= 0.3 is 0 Å². The van der Waals surface area contributed by atoms with Crippen LogP contribution in [0.4, 0.5) is 0 Å². The fraction of sp³-hybridized carbons (Fsp3) is 0.143. The molecule has 0 aliphatic carbocycles. The van der Waals surface area contributed by atoms with Crippen molar-refractivity contribution in [1.82, 2.24) is 15.2 Å². The number of pyridine rings is 1. The lowest BCUT2D eigenvalue weighted by Crippen LogP contribution is -2.18. The van der Waals surface area contributed by atoms with Crippen LogP contribution in [0.3, 0.4) is 0 Å². The fourth-order valence-electron chi connectivity index (χ4n) is 3.39. The van der Waals surface area contributed by atoms with Gasteiger partial charge in [-0.3, -0.25) is 9.78 Å². The molecule has 6 nitrogen and oxygen atoms in total. The van der Waals surface area contributed by atoms with Crippen molar-refractivity contribution in [3.05, 3.63) is 66.0 Å². The molecule has 4 rings (SSSR count). The molecule has 2 heterocycles. The van der Waals surface area contributed by atoms with Crippen LogP contribution in [-0.4, -0.2) is 27.6 Å². The maximum Gasteiger partial charge on any atom is 0.269 e. The smallest absolute Gasteiger partial charge is 0.269 e. The molecule has 0 aliphatic heterocycles. The molecule has 0 atom stereocenters. The summed E-state index contributed by atoms with van der Waals surface area (Å²) in [4.78, 5) is 16.2. The minimum absolute atomic E-state index is 0.218. The first-order valence-corrected chi connectivity index (χ1v) is 8.82. The average Bonchev–Trinajstić information content (AvgIpc) is 2.70. The Morgan fingerprint density at radius 2 is 1.93 bits per heavy atom. The van der Waals surface area contributed by atoms with Gasteiger partial charge in [0, 0.05) is 22.5 Å². The monoisotopic (exact) mass is 357 g/mol. The Bertz CT molecular complexity index is 1160. The molecule has 0 aliphatic rings. The number of nitrogens with zero attached hydrogens (tertiary/aromatic N) is 3. The lowest BCUT2D eigenvalue weighted by molar-refractivity contribution is 0.0994. The SMILES string of the molecule is NCCCc1c(C(N)=O)nnc2c(-c3ccc4ncccc4c3)cccc12. The van der Waals surface area contributed by atoms with Crippen LogP contribution in [0, 0.1) is 0 Å². The van der Waals surface area contributed by atoms with Crippen LogP contribution in [0.2, 0.25) is 0 Å². The van der Waals surface area contributed by atoms with E-state index in [1.165, 1.54) is 0 Å². The molecule has 0 bridgehead atoms. The van der Waals surface area contributed by atoms with Gasteiger partial charge in [-0.2, -0.15) is 0 Å². The third-order valence-corrected chi connectivity index (χ3v) is 4.68. The van der Waals surface area contributed by atoms with Gasteiger partial charge in [0.25, 0.3) is 5.91 Å². The molecule has 1 amide bonds. The lowest BCUT2D eigenvalue weighted by Gasteiger charge is -2.12. The second-order valence-electron chi connectivity index (χ2n) is 6.40. The number of carbonyl (C=O) groups excluding carboxylic acids is 1. The van der Waals surface area contributed by atoms with E-state index in [2.05, 4.69) is 21.2 Å².